The number of hydrogen-bond donors (Lipinski definition) is 1. The van der Waals surface area contributed by atoms with E-state index in [1.807, 2.05) is 0 Å². The minimum absolute atomic E-state index is 0.0888. The molecule has 0 saturated carbocycles. The third-order valence-electron chi connectivity index (χ3n) is 2.99. The van der Waals surface area contributed by atoms with Crippen LogP contribution in [0.25, 0.3) is 0 Å². The van der Waals surface area contributed by atoms with Gasteiger partial charge in [0.2, 0.25) is 5.91 Å². The number of ether oxygens (including phenoxy) is 1. The lowest BCUT2D eigenvalue weighted by atomic mass is 10.1. The zero-order valence-corrected chi connectivity index (χ0v) is 14.7. The van der Waals surface area contributed by atoms with Gasteiger partial charge in [-0.05, 0) is 24.3 Å². The average Bonchev–Trinajstić information content (AvgIpc) is 3.01. The highest BCUT2D eigenvalue weighted by Crippen LogP contribution is 2.23. The van der Waals surface area contributed by atoms with Gasteiger partial charge in [0.15, 0.2) is 10.1 Å². The largest absolute Gasteiger partial charge is 0.383 e. The van der Waals surface area contributed by atoms with Crippen LogP contribution in [0.5, 0.6) is 0 Å². The van der Waals surface area contributed by atoms with Gasteiger partial charge in [0.05, 0.1) is 24.5 Å². The van der Waals surface area contributed by atoms with Gasteiger partial charge in [-0.2, -0.15) is 0 Å². The van der Waals surface area contributed by atoms with Crippen LogP contribution in [0.2, 0.25) is 0 Å². The fourth-order valence-electron chi connectivity index (χ4n) is 1.80. The first-order valence-corrected chi connectivity index (χ1v) is 9.06. The van der Waals surface area contributed by atoms with E-state index >= 15 is 0 Å². The number of methoxy groups -OCH3 is 1. The number of thioether (sulfide) groups is 1. The van der Waals surface area contributed by atoms with Crippen LogP contribution in [-0.2, 0) is 16.0 Å². The summed E-state index contributed by atoms with van der Waals surface area (Å²) in [4.78, 5) is 28.0. The minimum atomic E-state index is -0.368. The molecule has 0 saturated heterocycles. The lowest BCUT2D eigenvalue weighted by Gasteiger charge is -2.02. The van der Waals surface area contributed by atoms with Crippen molar-refractivity contribution < 1.29 is 18.7 Å². The first-order chi connectivity index (χ1) is 11.6. The second-order valence-corrected chi connectivity index (χ2v) is 6.92. The summed E-state index contributed by atoms with van der Waals surface area (Å²) in [5.74, 6) is -0.351. The van der Waals surface area contributed by atoms with E-state index in [1.165, 1.54) is 47.4 Å². The van der Waals surface area contributed by atoms with Gasteiger partial charge in [-0.1, -0.05) is 11.8 Å². The topological polar surface area (TPSA) is 68.3 Å². The van der Waals surface area contributed by atoms with E-state index in [4.69, 9.17) is 4.74 Å². The Balaban J connectivity index is 1.80. The molecular formula is C16H17FN2O3S2. The summed E-state index contributed by atoms with van der Waals surface area (Å²) in [6, 6.07) is 5.47. The van der Waals surface area contributed by atoms with Crippen molar-refractivity contribution in [1.82, 2.24) is 10.3 Å². The molecule has 24 heavy (non-hydrogen) atoms. The molecule has 1 amide bonds. The normalized spacial score (nSPS) is 10.6. The molecule has 1 aromatic carbocycles. The van der Waals surface area contributed by atoms with Crippen LogP contribution < -0.4 is 5.32 Å². The van der Waals surface area contributed by atoms with Crippen molar-refractivity contribution in [3.8, 4) is 0 Å². The van der Waals surface area contributed by atoms with Gasteiger partial charge in [0.25, 0.3) is 0 Å². The van der Waals surface area contributed by atoms with Crippen molar-refractivity contribution in [3.05, 3.63) is 46.7 Å². The highest BCUT2D eigenvalue weighted by Gasteiger charge is 2.11. The van der Waals surface area contributed by atoms with E-state index in [0.717, 1.165) is 4.34 Å². The van der Waals surface area contributed by atoms with Gasteiger partial charge in [0, 0.05) is 24.6 Å². The summed E-state index contributed by atoms with van der Waals surface area (Å²) < 4.78 is 18.4. The van der Waals surface area contributed by atoms with Crippen LogP contribution in [0, 0.1) is 5.82 Å². The smallest absolute Gasteiger partial charge is 0.226 e. The van der Waals surface area contributed by atoms with E-state index in [-0.39, 0.29) is 29.7 Å². The first-order valence-electron chi connectivity index (χ1n) is 7.20. The molecule has 0 aliphatic heterocycles. The standard InChI is InChI=1S/C16H17FN2O3S2/c1-22-7-6-18-15(21)8-13-9-23-16(19-13)24-10-14(20)11-2-4-12(17)5-3-11/h2-5,9H,6-8,10H2,1H3,(H,18,21). The molecule has 128 valence electrons. The number of Topliss-reactive ketones (excluding diaryl/α,β-unsaturated/α-hetero) is 1. The number of hydrogen-bond acceptors (Lipinski definition) is 6. The van der Waals surface area contributed by atoms with Gasteiger partial charge in [-0.25, -0.2) is 9.37 Å². The molecule has 5 nitrogen and oxygen atoms in total. The number of rotatable bonds is 9. The predicted molar refractivity (Wildman–Crippen MR) is 92.2 cm³/mol. The van der Waals surface area contributed by atoms with E-state index in [9.17, 15) is 14.0 Å². The molecule has 0 spiro atoms. The molecule has 0 radical (unpaired) electrons. The second-order valence-electron chi connectivity index (χ2n) is 4.84. The number of carbonyl (C=O) groups is 2. The third kappa shape index (κ3) is 6.03. The molecule has 0 atom stereocenters. The average molecular weight is 368 g/mol. The van der Waals surface area contributed by atoms with Gasteiger partial charge >= 0.3 is 0 Å². The molecule has 1 N–H and O–H groups in total. The van der Waals surface area contributed by atoms with Crippen LogP contribution in [0.15, 0.2) is 34.0 Å². The van der Waals surface area contributed by atoms with Crippen LogP contribution in [0.4, 0.5) is 4.39 Å². The maximum absolute atomic E-state index is 12.8. The van der Waals surface area contributed by atoms with Gasteiger partial charge < -0.3 is 10.1 Å². The zero-order chi connectivity index (χ0) is 17.4. The number of benzene rings is 1. The Labute approximate surface area is 147 Å². The maximum atomic E-state index is 12.8. The van der Waals surface area contributed by atoms with Crippen LogP contribution in [-0.4, -0.2) is 42.7 Å². The fraction of sp³-hybridized carbons (Fsp3) is 0.312. The number of nitrogens with zero attached hydrogens (tertiary/aromatic N) is 1. The summed E-state index contributed by atoms with van der Waals surface area (Å²) in [7, 11) is 1.57. The van der Waals surface area contributed by atoms with E-state index in [2.05, 4.69) is 10.3 Å². The number of amides is 1. The van der Waals surface area contributed by atoms with Crippen LogP contribution in [0.1, 0.15) is 16.1 Å². The molecule has 1 aromatic heterocycles. The Kier molecular flexibility index (Phi) is 7.36. The molecular weight excluding hydrogens is 351 g/mol. The Bertz CT molecular complexity index is 689. The summed E-state index contributed by atoms with van der Waals surface area (Å²) in [6.07, 6.45) is 0.201. The molecule has 0 unspecified atom stereocenters. The van der Waals surface area contributed by atoms with Crippen molar-refractivity contribution in [2.45, 2.75) is 10.8 Å². The van der Waals surface area contributed by atoms with E-state index in [1.54, 1.807) is 12.5 Å². The third-order valence-corrected chi connectivity index (χ3v) is 5.06. The Morgan fingerprint density at radius 1 is 1.33 bits per heavy atom. The Morgan fingerprint density at radius 2 is 2.08 bits per heavy atom. The lowest BCUT2D eigenvalue weighted by molar-refractivity contribution is -0.120. The number of carbonyl (C=O) groups excluding carboxylic acids is 2. The summed E-state index contributed by atoms with van der Waals surface area (Å²) >= 11 is 2.70. The fourth-order valence-corrected chi connectivity index (χ4v) is 3.54. The molecule has 2 rings (SSSR count). The number of thiazole rings is 1. The second kappa shape index (κ2) is 9.51. The first kappa shape index (κ1) is 18.6. The monoisotopic (exact) mass is 368 g/mol. The Morgan fingerprint density at radius 3 is 2.79 bits per heavy atom. The Hall–Kier alpha value is -1.77. The minimum Gasteiger partial charge on any atom is -0.383 e. The van der Waals surface area contributed by atoms with Crippen molar-refractivity contribution in [1.29, 1.82) is 0 Å². The quantitative estimate of drug-likeness (QED) is 0.419. The van der Waals surface area contributed by atoms with Gasteiger partial charge in [-0.15, -0.1) is 11.3 Å². The SMILES string of the molecule is COCCNC(=O)Cc1csc(SCC(=O)c2ccc(F)cc2)n1. The summed E-state index contributed by atoms with van der Waals surface area (Å²) in [6.45, 7) is 0.933. The molecule has 0 fully saturated rings. The van der Waals surface area contributed by atoms with Crippen LogP contribution in [0.3, 0.4) is 0 Å². The predicted octanol–water partition coefficient (Wildman–Crippen LogP) is 2.56. The highest BCUT2D eigenvalue weighted by atomic mass is 32.2. The maximum Gasteiger partial charge on any atom is 0.226 e. The molecule has 0 aliphatic rings. The molecule has 2 aromatic rings. The number of aromatic nitrogens is 1. The van der Waals surface area contributed by atoms with Crippen molar-refractivity contribution >= 4 is 34.8 Å². The number of nitrogens with one attached hydrogen (secondary N) is 1. The van der Waals surface area contributed by atoms with E-state index in [0.29, 0.717) is 24.4 Å². The number of halogens is 1. The molecule has 8 heteroatoms. The number of ketones is 1. The van der Waals surface area contributed by atoms with Gasteiger partial charge in [0.1, 0.15) is 5.82 Å². The van der Waals surface area contributed by atoms with Crippen molar-refractivity contribution in [2.75, 3.05) is 26.0 Å². The van der Waals surface area contributed by atoms with E-state index < -0.39 is 0 Å². The molecule has 1 heterocycles. The highest BCUT2D eigenvalue weighted by molar-refractivity contribution is 8.01. The molecule has 0 bridgehead atoms. The van der Waals surface area contributed by atoms with Crippen molar-refractivity contribution in [2.24, 2.45) is 0 Å². The summed E-state index contributed by atoms with van der Waals surface area (Å²) in [5.41, 5.74) is 1.14. The van der Waals surface area contributed by atoms with Gasteiger partial charge in [-0.3, -0.25) is 9.59 Å². The molecule has 0 aliphatic carbocycles. The zero-order valence-electron chi connectivity index (χ0n) is 13.1. The van der Waals surface area contributed by atoms with Crippen molar-refractivity contribution in [3.63, 3.8) is 0 Å². The van der Waals surface area contributed by atoms with Crippen LogP contribution >= 0.6 is 23.1 Å². The lowest BCUT2D eigenvalue weighted by Crippen LogP contribution is -2.28. The summed E-state index contributed by atoms with van der Waals surface area (Å²) in [5, 5.41) is 4.53.